The van der Waals surface area contributed by atoms with E-state index < -0.39 is 17.3 Å². The van der Waals surface area contributed by atoms with Crippen molar-refractivity contribution in [1.82, 2.24) is 9.91 Å². The number of hydrogen-bond donors (Lipinski definition) is 1. The second kappa shape index (κ2) is 6.73. The second-order valence-electron chi connectivity index (χ2n) is 7.60. The van der Waals surface area contributed by atoms with Crippen molar-refractivity contribution in [3.8, 4) is 0 Å². The Morgan fingerprint density at radius 1 is 1.14 bits per heavy atom. The van der Waals surface area contributed by atoms with Gasteiger partial charge in [-0.2, -0.15) is 0 Å². The number of rotatable bonds is 2. The molecule has 0 bridgehead atoms. The van der Waals surface area contributed by atoms with Gasteiger partial charge in [0, 0.05) is 6.54 Å². The SMILES string of the molecule is CC(C)(C)OC(=O)N(N)C[C@@H]1CCCN1C(=O)OC(C)(C)C. The van der Waals surface area contributed by atoms with E-state index >= 15 is 0 Å². The maximum absolute atomic E-state index is 12.2. The number of amides is 2. The number of carbonyl (C=O) groups excluding carboxylic acids is 2. The first-order valence-corrected chi connectivity index (χ1v) is 7.64. The first kappa shape index (κ1) is 18.5. The molecule has 1 aliphatic heterocycles. The van der Waals surface area contributed by atoms with Gasteiger partial charge in [-0.1, -0.05) is 0 Å². The molecular weight excluding hydrogens is 286 g/mol. The van der Waals surface area contributed by atoms with Crippen LogP contribution in [-0.4, -0.2) is 52.4 Å². The highest BCUT2D eigenvalue weighted by molar-refractivity contribution is 5.70. The third kappa shape index (κ3) is 6.09. The quantitative estimate of drug-likeness (QED) is 0.481. The summed E-state index contributed by atoms with van der Waals surface area (Å²) >= 11 is 0. The molecular formula is C15H29N3O4. The lowest BCUT2D eigenvalue weighted by Gasteiger charge is -2.31. The number of hydrogen-bond acceptors (Lipinski definition) is 5. The van der Waals surface area contributed by atoms with Crippen LogP contribution >= 0.6 is 0 Å². The van der Waals surface area contributed by atoms with E-state index in [2.05, 4.69) is 0 Å². The summed E-state index contributed by atoms with van der Waals surface area (Å²) in [4.78, 5) is 25.7. The number of nitrogens with zero attached hydrogens (tertiary/aromatic N) is 2. The minimum Gasteiger partial charge on any atom is -0.444 e. The fraction of sp³-hybridized carbons (Fsp3) is 0.867. The first-order chi connectivity index (χ1) is 9.89. The van der Waals surface area contributed by atoms with Gasteiger partial charge in [0.2, 0.25) is 0 Å². The molecule has 1 rings (SSSR count). The summed E-state index contributed by atoms with van der Waals surface area (Å²) in [5.74, 6) is 5.77. The highest BCUT2D eigenvalue weighted by Gasteiger charge is 2.34. The lowest BCUT2D eigenvalue weighted by atomic mass is 10.2. The second-order valence-corrected chi connectivity index (χ2v) is 7.60. The van der Waals surface area contributed by atoms with E-state index in [0.717, 1.165) is 17.9 Å². The van der Waals surface area contributed by atoms with Gasteiger partial charge >= 0.3 is 12.2 Å². The van der Waals surface area contributed by atoms with Gasteiger partial charge in [0.15, 0.2) is 0 Å². The van der Waals surface area contributed by atoms with Crippen molar-refractivity contribution in [1.29, 1.82) is 0 Å². The molecule has 0 unspecified atom stereocenters. The molecule has 0 radical (unpaired) electrons. The largest absolute Gasteiger partial charge is 0.444 e. The molecule has 0 aromatic carbocycles. The van der Waals surface area contributed by atoms with Crippen LogP contribution in [0, 0.1) is 0 Å². The fourth-order valence-corrected chi connectivity index (χ4v) is 2.21. The molecule has 1 saturated heterocycles. The zero-order valence-corrected chi connectivity index (χ0v) is 14.5. The predicted octanol–water partition coefficient (Wildman–Crippen LogP) is 2.50. The van der Waals surface area contributed by atoms with Gasteiger partial charge in [-0.05, 0) is 54.4 Å². The van der Waals surface area contributed by atoms with Crippen LogP contribution in [0.1, 0.15) is 54.4 Å². The molecule has 0 spiro atoms. The molecule has 7 nitrogen and oxygen atoms in total. The van der Waals surface area contributed by atoms with Gasteiger partial charge in [-0.3, -0.25) is 0 Å². The van der Waals surface area contributed by atoms with Gasteiger partial charge < -0.3 is 14.4 Å². The van der Waals surface area contributed by atoms with E-state index in [1.807, 2.05) is 20.8 Å². The van der Waals surface area contributed by atoms with Crippen LogP contribution in [0.5, 0.6) is 0 Å². The van der Waals surface area contributed by atoms with Crippen molar-refractivity contribution in [2.75, 3.05) is 13.1 Å². The molecule has 1 atom stereocenters. The standard InChI is InChI=1S/C15H29N3O4/c1-14(2,3)21-12(19)17-9-7-8-11(17)10-18(16)13(20)22-15(4,5)6/h11H,7-10,16H2,1-6H3/t11-/m0/s1. The minimum absolute atomic E-state index is 0.146. The van der Waals surface area contributed by atoms with Crippen molar-refractivity contribution in [2.45, 2.75) is 71.6 Å². The normalized spacial score (nSPS) is 19.0. The topological polar surface area (TPSA) is 85.1 Å². The molecule has 7 heteroatoms. The Morgan fingerprint density at radius 3 is 2.18 bits per heavy atom. The number of carbonyl (C=O) groups is 2. The Hall–Kier alpha value is -1.50. The van der Waals surface area contributed by atoms with E-state index in [-0.39, 0.29) is 18.7 Å². The minimum atomic E-state index is -0.602. The van der Waals surface area contributed by atoms with Crippen molar-refractivity contribution in [2.24, 2.45) is 5.84 Å². The summed E-state index contributed by atoms with van der Waals surface area (Å²) in [6, 6.07) is -0.146. The highest BCUT2D eigenvalue weighted by Crippen LogP contribution is 2.21. The average Bonchev–Trinajstić information content (AvgIpc) is 2.72. The van der Waals surface area contributed by atoms with E-state index in [1.165, 1.54) is 0 Å². The molecule has 1 heterocycles. The van der Waals surface area contributed by atoms with Gasteiger partial charge in [0.05, 0.1) is 12.6 Å². The van der Waals surface area contributed by atoms with Crippen molar-refractivity contribution in [3.63, 3.8) is 0 Å². The molecule has 0 aromatic heterocycles. The number of likely N-dealkylation sites (tertiary alicyclic amines) is 1. The Morgan fingerprint density at radius 2 is 1.68 bits per heavy atom. The van der Waals surface area contributed by atoms with E-state index in [0.29, 0.717) is 6.54 Å². The number of hydrazine groups is 1. The first-order valence-electron chi connectivity index (χ1n) is 7.64. The van der Waals surface area contributed by atoms with Crippen LogP contribution in [0.15, 0.2) is 0 Å². The van der Waals surface area contributed by atoms with Crippen LogP contribution < -0.4 is 5.84 Å². The molecule has 2 N–H and O–H groups in total. The summed E-state index contributed by atoms with van der Waals surface area (Å²) in [7, 11) is 0. The van der Waals surface area contributed by atoms with Crippen LogP contribution in [0.3, 0.4) is 0 Å². The summed E-state index contributed by atoms with van der Waals surface area (Å²) in [5, 5.41) is 1.03. The lowest BCUT2D eigenvalue weighted by Crippen LogP contribution is -2.50. The molecule has 0 aromatic rings. The molecule has 128 valence electrons. The lowest BCUT2D eigenvalue weighted by molar-refractivity contribution is 0.00869. The summed E-state index contributed by atoms with van der Waals surface area (Å²) < 4.78 is 10.6. The van der Waals surface area contributed by atoms with Crippen molar-refractivity contribution >= 4 is 12.2 Å². The molecule has 0 aliphatic carbocycles. The maximum atomic E-state index is 12.2. The van der Waals surface area contributed by atoms with E-state index in [9.17, 15) is 9.59 Å². The van der Waals surface area contributed by atoms with E-state index in [1.54, 1.807) is 25.7 Å². The Balaban J connectivity index is 2.60. The average molecular weight is 315 g/mol. The zero-order valence-electron chi connectivity index (χ0n) is 14.5. The molecule has 22 heavy (non-hydrogen) atoms. The molecule has 1 aliphatic rings. The Labute approximate surface area is 132 Å². The molecule has 2 amide bonds. The summed E-state index contributed by atoms with van der Waals surface area (Å²) in [5.41, 5.74) is -1.15. The number of ether oxygens (including phenoxy) is 2. The van der Waals surface area contributed by atoms with Crippen molar-refractivity contribution in [3.05, 3.63) is 0 Å². The molecule has 0 saturated carbocycles. The van der Waals surface area contributed by atoms with Crippen LogP contribution in [0.4, 0.5) is 9.59 Å². The van der Waals surface area contributed by atoms with Gasteiger partial charge in [-0.15, -0.1) is 0 Å². The maximum Gasteiger partial charge on any atom is 0.424 e. The highest BCUT2D eigenvalue weighted by atomic mass is 16.6. The third-order valence-electron chi connectivity index (χ3n) is 3.04. The summed E-state index contributed by atoms with van der Waals surface area (Å²) in [6.45, 7) is 11.7. The van der Waals surface area contributed by atoms with Crippen LogP contribution in [0.2, 0.25) is 0 Å². The van der Waals surface area contributed by atoms with E-state index in [4.69, 9.17) is 15.3 Å². The number of nitrogens with two attached hydrogens (primary N) is 1. The van der Waals surface area contributed by atoms with Gasteiger partial charge in [0.1, 0.15) is 11.2 Å². The van der Waals surface area contributed by atoms with Gasteiger partial charge in [0.25, 0.3) is 0 Å². The Bertz CT molecular complexity index is 412. The predicted molar refractivity (Wildman–Crippen MR) is 83.1 cm³/mol. The van der Waals surface area contributed by atoms with Crippen LogP contribution in [0.25, 0.3) is 0 Å². The molecule has 1 fully saturated rings. The monoisotopic (exact) mass is 315 g/mol. The summed E-state index contributed by atoms with van der Waals surface area (Å²) in [6.07, 6.45) is 0.693. The smallest absolute Gasteiger partial charge is 0.424 e. The van der Waals surface area contributed by atoms with Crippen LogP contribution in [-0.2, 0) is 9.47 Å². The van der Waals surface area contributed by atoms with Gasteiger partial charge in [-0.25, -0.2) is 20.4 Å². The third-order valence-corrected chi connectivity index (χ3v) is 3.04. The zero-order chi connectivity index (χ0) is 17.1. The van der Waals surface area contributed by atoms with Crippen molar-refractivity contribution < 1.29 is 19.1 Å². The fourth-order valence-electron chi connectivity index (χ4n) is 2.21. The Kier molecular flexibility index (Phi) is 5.67.